The molecule has 0 heterocycles. The highest BCUT2D eigenvalue weighted by molar-refractivity contribution is 6.38. The molecule has 0 aliphatic heterocycles. The topological polar surface area (TPSA) is 57.5 Å². The number of hydrogen-bond donors (Lipinski definition) is 2. The van der Waals surface area contributed by atoms with Crippen LogP contribution >= 0.6 is 0 Å². The molecular weight excluding hydrogens is 191 g/mol. The Labute approximate surface area is 87.0 Å². The zero-order valence-electron chi connectivity index (χ0n) is 7.77. The zero-order chi connectivity index (χ0) is 11.0. The maximum atomic E-state index is 11.6. The van der Waals surface area contributed by atoms with Gasteiger partial charge in [-0.1, -0.05) is 17.6 Å². The summed E-state index contributed by atoms with van der Waals surface area (Å²) in [6.07, 6.45) is 0. The predicted octanol–water partition coefficient (Wildman–Crippen LogP) is 0.405. The van der Waals surface area contributed by atoms with Crippen LogP contribution in [0.3, 0.4) is 0 Å². The molecule has 0 spiro atoms. The molecule has 0 bridgehead atoms. The quantitative estimate of drug-likeness (QED) is 0.602. The molecule has 0 saturated heterocycles. The SMILES string of the molecule is [B]c1cccc(=O)c2c(O)cc(O)cc12. The third kappa shape index (κ3) is 1.54. The van der Waals surface area contributed by atoms with E-state index in [-0.39, 0.29) is 22.3 Å². The van der Waals surface area contributed by atoms with Gasteiger partial charge in [0.2, 0.25) is 0 Å². The first kappa shape index (κ1) is 9.58. The van der Waals surface area contributed by atoms with Gasteiger partial charge in [-0.05, 0) is 17.5 Å². The highest BCUT2D eigenvalue weighted by atomic mass is 16.3. The van der Waals surface area contributed by atoms with Gasteiger partial charge in [-0.2, -0.15) is 0 Å². The van der Waals surface area contributed by atoms with Crippen molar-refractivity contribution in [1.29, 1.82) is 0 Å². The first-order chi connectivity index (χ1) is 7.09. The molecule has 72 valence electrons. The van der Waals surface area contributed by atoms with Gasteiger partial charge in [0.15, 0.2) is 5.43 Å². The van der Waals surface area contributed by atoms with Crippen molar-refractivity contribution in [2.75, 3.05) is 0 Å². The summed E-state index contributed by atoms with van der Waals surface area (Å²) in [5, 5.41) is 19.3. The fourth-order valence-electron chi connectivity index (χ4n) is 1.51. The Kier molecular flexibility index (Phi) is 2.12. The van der Waals surface area contributed by atoms with E-state index >= 15 is 0 Å². The van der Waals surface area contributed by atoms with Crippen LogP contribution in [-0.4, -0.2) is 18.1 Å². The number of rotatable bonds is 0. The molecule has 0 unspecified atom stereocenters. The number of fused-ring (bicyclic) bond motifs is 1. The summed E-state index contributed by atoms with van der Waals surface area (Å²) in [6.45, 7) is 0. The van der Waals surface area contributed by atoms with Crippen molar-refractivity contribution >= 4 is 24.1 Å². The molecule has 4 heteroatoms. The van der Waals surface area contributed by atoms with Gasteiger partial charge < -0.3 is 10.2 Å². The first-order valence-corrected chi connectivity index (χ1v) is 4.34. The summed E-state index contributed by atoms with van der Waals surface area (Å²) in [6, 6.07) is 6.83. The molecule has 2 aromatic carbocycles. The lowest BCUT2D eigenvalue weighted by Crippen LogP contribution is -2.03. The minimum Gasteiger partial charge on any atom is -0.508 e. The standard InChI is InChI=1S/C11H7BO3/c12-8-2-1-3-9(14)11-7(8)4-6(13)5-10(11)15/h1-5,13,15H. The third-order valence-corrected chi connectivity index (χ3v) is 2.18. The maximum absolute atomic E-state index is 11.6. The molecule has 0 saturated carbocycles. The number of benzene rings is 1. The van der Waals surface area contributed by atoms with E-state index in [0.29, 0.717) is 10.8 Å². The minimum absolute atomic E-state index is 0.121. The molecule has 2 radical (unpaired) electrons. The normalized spacial score (nSPS) is 10.4. The first-order valence-electron chi connectivity index (χ1n) is 4.34. The number of aromatic hydroxyl groups is 2. The van der Waals surface area contributed by atoms with Gasteiger partial charge in [-0.3, -0.25) is 4.79 Å². The molecule has 2 rings (SSSR count). The van der Waals surface area contributed by atoms with Gasteiger partial charge in [0, 0.05) is 6.07 Å². The average Bonchev–Trinajstić information content (AvgIpc) is 2.27. The van der Waals surface area contributed by atoms with Crippen LogP contribution in [0, 0.1) is 0 Å². The van der Waals surface area contributed by atoms with Crippen LogP contribution < -0.4 is 10.9 Å². The van der Waals surface area contributed by atoms with E-state index in [1.807, 2.05) is 0 Å². The number of hydrogen-bond acceptors (Lipinski definition) is 3. The lowest BCUT2D eigenvalue weighted by molar-refractivity contribution is 0.455. The van der Waals surface area contributed by atoms with Crippen molar-refractivity contribution in [3.05, 3.63) is 40.6 Å². The second-order valence-electron chi connectivity index (χ2n) is 3.23. The van der Waals surface area contributed by atoms with Crippen molar-refractivity contribution in [3.63, 3.8) is 0 Å². The second-order valence-corrected chi connectivity index (χ2v) is 3.23. The molecule has 2 N–H and O–H groups in total. The van der Waals surface area contributed by atoms with Gasteiger partial charge in [-0.25, -0.2) is 0 Å². The van der Waals surface area contributed by atoms with E-state index in [4.69, 9.17) is 7.85 Å². The minimum atomic E-state index is -0.334. The fraction of sp³-hybridized carbons (Fsp3) is 0. The Morgan fingerprint density at radius 3 is 2.60 bits per heavy atom. The molecule has 0 atom stereocenters. The zero-order valence-corrected chi connectivity index (χ0v) is 7.77. The van der Waals surface area contributed by atoms with Gasteiger partial charge in [0.05, 0.1) is 5.39 Å². The van der Waals surface area contributed by atoms with E-state index in [1.165, 1.54) is 18.2 Å². The lowest BCUT2D eigenvalue weighted by atomic mass is 9.92. The van der Waals surface area contributed by atoms with Crippen LogP contribution in [0.1, 0.15) is 0 Å². The molecule has 3 nitrogen and oxygen atoms in total. The van der Waals surface area contributed by atoms with Crippen LogP contribution in [0.5, 0.6) is 11.5 Å². The smallest absolute Gasteiger partial charge is 0.190 e. The van der Waals surface area contributed by atoms with Crippen LogP contribution in [0.15, 0.2) is 35.1 Å². The van der Waals surface area contributed by atoms with Crippen LogP contribution in [-0.2, 0) is 0 Å². The van der Waals surface area contributed by atoms with Crippen LogP contribution in [0.2, 0.25) is 0 Å². The van der Waals surface area contributed by atoms with E-state index < -0.39 is 0 Å². The molecule has 0 amide bonds. The van der Waals surface area contributed by atoms with Crippen molar-refractivity contribution < 1.29 is 10.2 Å². The molecule has 0 aromatic heterocycles. The highest BCUT2D eigenvalue weighted by Crippen LogP contribution is 2.25. The van der Waals surface area contributed by atoms with E-state index in [1.54, 1.807) is 6.07 Å². The molecule has 0 aliphatic carbocycles. The van der Waals surface area contributed by atoms with E-state index in [2.05, 4.69) is 0 Å². The monoisotopic (exact) mass is 198 g/mol. The Bertz CT molecular complexity index is 593. The third-order valence-electron chi connectivity index (χ3n) is 2.18. The van der Waals surface area contributed by atoms with Gasteiger partial charge in [-0.15, -0.1) is 0 Å². The molecule has 0 aliphatic rings. The highest BCUT2D eigenvalue weighted by Gasteiger charge is 2.06. The summed E-state index contributed by atoms with van der Waals surface area (Å²) in [5.74, 6) is -0.393. The average molecular weight is 198 g/mol. The summed E-state index contributed by atoms with van der Waals surface area (Å²) < 4.78 is 0. The van der Waals surface area contributed by atoms with Crippen molar-refractivity contribution in [2.24, 2.45) is 0 Å². The number of phenols is 2. The summed E-state index contributed by atoms with van der Waals surface area (Å²) in [5.41, 5.74) is -0.00231. The molecule has 0 fully saturated rings. The summed E-state index contributed by atoms with van der Waals surface area (Å²) in [4.78, 5) is 11.6. The summed E-state index contributed by atoms with van der Waals surface area (Å²) >= 11 is 0. The molecule has 15 heavy (non-hydrogen) atoms. The lowest BCUT2D eigenvalue weighted by Gasteiger charge is -2.00. The van der Waals surface area contributed by atoms with E-state index in [9.17, 15) is 15.0 Å². The second kappa shape index (κ2) is 3.31. The Balaban J connectivity index is 3.14. The van der Waals surface area contributed by atoms with Crippen molar-refractivity contribution in [1.82, 2.24) is 0 Å². The van der Waals surface area contributed by atoms with Gasteiger partial charge >= 0.3 is 0 Å². The Morgan fingerprint density at radius 2 is 1.87 bits per heavy atom. The van der Waals surface area contributed by atoms with Gasteiger partial charge in [0.1, 0.15) is 19.3 Å². The Hall–Kier alpha value is -1.97. The van der Waals surface area contributed by atoms with E-state index in [0.717, 1.165) is 6.07 Å². The largest absolute Gasteiger partial charge is 0.508 e. The van der Waals surface area contributed by atoms with Crippen LogP contribution in [0.4, 0.5) is 0 Å². The summed E-state index contributed by atoms with van der Waals surface area (Å²) in [7, 11) is 5.68. The Morgan fingerprint density at radius 1 is 1.13 bits per heavy atom. The molecule has 2 aromatic rings. The predicted molar refractivity (Wildman–Crippen MR) is 58.9 cm³/mol. The van der Waals surface area contributed by atoms with Crippen LogP contribution in [0.25, 0.3) is 10.8 Å². The fourth-order valence-corrected chi connectivity index (χ4v) is 1.51. The maximum Gasteiger partial charge on any atom is 0.190 e. The number of phenolic OH excluding ortho intramolecular Hbond substituents is 2. The van der Waals surface area contributed by atoms with Crippen molar-refractivity contribution in [3.8, 4) is 11.5 Å². The van der Waals surface area contributed by atoms with Crippen molar-refractivity contribution in [2.45, 2.75) is 0 Å². The van der Waals surface area contributed by atoms with Gasteiger partial charge in [0.25, 0.3) is 0 Å². The molecular formula is C11H7BO3.